The van der Waals surface area contributed by atoms with Gasteiger partial charge in [0.15, 0.2) is 0 Å². The van der Waals surface area contributed by atoms with Crippen LogP contribution in [0, 0.1) is 3.57 Å². The van der Waals surface area contributed by atoms with Crippen LogP contribution in [0.15, 0.2) is 30.3 Å². The second-order valence-electron chi connectivity index (χ2n) is 6.09. The predicted octanol–water partition coefficient (Wildman–Crippen LogP) is 4.33. The number of aryl methyl sites for hydroxylation is 1. The molecule has 0 aliphatic heterocycles. The van der Waals surface area contributed by atoms with Gasteiger partial charge in [-0.3, -0.25) is 4.68 Å². The highest BCUT2D eigenvalue weighted by atomic mass is 127. The first kappa shape index (κ1) is 17.0. The van der Waals surface area contributed by atoms with Gasteiger partial charge in [-0.15, -0.1) is 0 Å². The van der Waals surface area contributed by atoms with Gasteiger partial charge in [0.1, 0.15) is 11.2 Å². The van der Waals surface area contributed by atoms with Gasteiger partial charge in [-0.25, -0.2) is 4.79 Å². The van der Waals surface area contributed by atoms with E-state index in [1.165, 1.54) is 0 Å². The quantitative estimate of drug-likeness (QED) is 0.605. The van der Waals surface area contributed by atoms with Crippen LogP contribution >= 0.6 is 22.6 Å². The second-order valence-corrected chi connectivity index (χ2v) is 7.17. The van der Waals surface area contributed by atoms with E-state index >= 15 is 0 Å². The van der Waals surface area contributed by atoms with E-state index in [0.29, 0.717) is 18.8 Å². The molecule has 0 saturated heterocycles. The van der Waals surface area contributed by atoms with Crippen LogP contribution in [0.2, 0.25) is 0 Å². The van der Waals surface area contributed by atoms with Crippen LogP contribution in [0.3, 0.4) is 0 Å². The number of hydrogen-bond donors (Lipinski definition) is 1. The van der Waals surface area contributed by atoms with Crippen molar-refractivity contribution in [2.24, 2.45) is 0 Å². The number of carboxylic acid groups (broad SMARTS) is 1. The first-order chi connectivity index (χ1) is 11.5. The van der Waals surface area contributed by atoms with Crippen LogP contribution in [0.1, 0.15) is 48.4 Å². The normalized spacial score (nSPS) is 11.5. The van der Waals surface area contributed by atoms with Gasteiger partial charge in [0, 0.05) is 6.54 Å². The van der Waals surface area contributed by atoms with Gasteiger partial charge in [0.25, 0.3) is 0 Å². The molecule has 2 aromatic heterocycles. The third-order valence-electron chi connectivity index (χ3n) is 4.15. The predicted molar refractivity (Wildman–Crippen MR) is 103 cm³/mol. The Kier molecular flexibility index (Phi) is 4.67. The third-order valence-corrected chi connectivity index (χ3v) is 5.17. The van der Waals surface area contributed by atoms with Gasteiger partial charge in [0.2, 0.25) is 0 Å². The lowest BCUT2D eigenvalue weighted by atomic mass is 10.1. The molecule has 0 aliphatic rings. The van der Waals surface area contributed by atoms with Crippen molar-refractivity contribution in [1.29, 1.82) is 0 Å². The van der Waals surface area contributed by atoms with Gasteiger partial charge >= 0.3 is 5.97 Å². The molecule has 0 spiro atoms. The van der Waals surface area contributed by atoms with Gasteiger partial charge < -0.3 is 9.67 Å². The van der Waals surface area contributed by atoms with Crippen molar-refractivity contribution in [3.63, 3.8) is 0 Å². The molecule has 1 N–H and O–H groups in total. The van der Waals surface area contributed by atoms with Crippen molar-refractivity contribution in [2.45, 2.75) is 39.8 Å². The number of nitrogens with zero attached hydrogens (tertiary/aromatic N) is 3. The molecule has 0 amide bonds. The van der Waals surface area contributed by atoms with Gasteiger partial charge in [-0.2, -0.15) is 5.10 Å². The number of carbonyl (C=O) groups is 1. The average Bonchev–Trinajstić information content (AvgIpc) is 3.05. The zero-order valence-corrected chi connectivity index (χ0v) is 16.1. The summed E-state index contributed by atoms with van der Waals surface area (Å²) < 4.78 is 4.58. The van der Waals surface area contributed by atoms with Crippen molar-refractivity contribution >= 4 is 39.6 Å². The minimum Gasteiger partial charge on any atom is -0.477 e. The number of halogens is 1. The summed E-state index contributed by atoms with van der Waals surface area (Å²) >= 11 is 2.14. The standard InChI is InChI=1S/C18H20IN3O2/c1-4-21-16(18(23)24)13(19)15-17(21)14(11(2)3)20-22(15)10-12-8-6-5-7-9-12/h5-9,11H,4,10H2,1-3H3,(H,23,24). The fourth-order valence-corrected chi connectivity index (χ4v) is 4.14. The van der Waals surface area contributed by atoms with E-state index in [-0.39, 0.29) is 5.92 Å². The fourth-order valence-electron chi connectivity index (χ4n) is 3.08. The first-order valence-electron chi connectivity index (χ1n) is 8.01. The zero-order chi connectivity index (χ0) is 17.4. The van der Waals surface area contributed by atoms with Crippen LogP contribution in [0.4, 0.5) is 0 Å². The Bertz CT molecular complexity index is 894. The van der Waals surface area contributed by atoms with Crippen LogP contribution in [0.5, 0.6) is 0 Å². The van der Waals surface area contributed by atoms with Crippen LogP contribution < -0.4 is 0 Å². The monoisotopic (exact) mass is 437 g/mol. The second kappa shape index (κ2) is 6.58. The maximum absolute atomic E-state index is 11.8. The molecule has 5 nitrogen and oxygen atoms in total. The van der Waals surface area contributed by atoms with E-state index in [0.717, 1.165) is 25.9 Å². The SMILES string of the molecule is CCn1c(C(=O)O)c(I)c2c1c(C(C)C)nn2Cc1ccccc1. The van der Waals surface area contributed by atoms with Crippen molar-refractivity contribution in [3.05, 3.63) is 50.9 Å². The molecular weight excluding hydrogens is 417 g/mol. The Hall–Kier alpha value is -1.83. The highest BCUT2D eigenvalue weighted by molar-refractivity contribution is 14.1. The molecule has 24 heavy (non-hydrogen) atoms. The van der Waals surface area contributed by atoms with Crippen molar-refractivity contribution in [3.8, 4) is 0 Å². The van der Waals surface area contributed by atoms with Gasteiger partial charge in [-0.1, -0.05) is 44.2 Å². The van der Waals surface area contributed by atoms with Crippen molar-refractivity contribution < 1.29 is 9.90 Å². The Balaban J connectivity index is 2.29. The van der Waals surface area contributed by atoms with E-state index in [1.807, 2.05) is 34.4 Å². The number of fused-ring (bicyclic) bond motifs is 1. The van der Waals surface area contributed by atoms with Crippen molar-refractivity contribution in [2.75, 3.05) is 0 Å². The average molecular weight is 437 g/mol. The van der Waals surface area contributed by atoms with E-state index < -0.39 is 5.97 Å². The minimum atomic E-state index is -0.890. The summed E-state index contributed by atoms with van der Waals surface area (Å²) in [6, 6.07) is 10.1. The third kappa shape index (κ3) is 2.72. The highest BCUT2D eigenvalue weighted by Crippen LogP contribution is 2.33. The van der Waals surface area contributed by atoms with E-state index in [4.69, 9.17) is 5.10 Å². The summed E-state index contributed by atoms with van der Waals surface area (Å²) in [7, 11) is 0. The molecule has 0 radical (unpaired) electrons. The first-order valence-corrected chi connectivity index (χ1v) is 9.09. The molecule has 0 bridgehead atoms. The smallest absolute Gasteiger partial charge is 0.353 e. The Labute approximate surface area is 154 Å². The summed E-state index contributed by atoms with van der Waals surface area (Å²) in [6.07, 6.45) is 0. The molecule has 2 heterocycles. The van der Waals surface area contributed by atoms with Gasteiger partial charge in [0.05, 0.1) is 21.3 Å². The zero-order valence-electron chi connectivity index (χ0n) is 14.0. The molecule has 126 valence electrons. The number of carboxylic acids is 1. The molecule has 3 rings (SSSR count). The van der Waals surface area contributed by atoms with E-state index in [2.05, 4.69) is 48.6 Å². The number of rotatable bonds is 5. The molecule has 0 unspecified atom stereocenters. The molecule has 0 atom stereocenters. The Morgan fingerprint density at radius 2 is 1.92 bits per heavy atom. The van der Waals surface area contributed by atoms with Crippen LogP contribution in [-0.2, 0) is 13.1 Å². The van der Waals surface area contributed by atoms with E-state index in [9.17, 15) is 9.90 Å². The highest BCUT2D eigenvalue weighted by Gasteiger charge is 2.27. The summed E-state index contributed by atoms with van der Waals surface area (Å²) in [5.41, 5.74) is 4.32. The number of benzene rings is 1. The molecule has 0 aliphatic carbocycles. The maximum Gasteiger partial charge on any atom is 0.353 e. The summed E-state index contributed by atoms with van der Waals surface area (Å²) in [4.78, 5) is 11.8. The fraction of sp³-hybridized carbons (Fsp3) is 0.333. The lowest BCUT2D eigenvalue weighted by molar-refractivity contribution is 0.0684. The topological polar surface area (TPSA) is 60.1 Å². The molecular formula is C18H20IN3O2. The lowest BCUT2D eigenvalue weighted by Crippen LogP contribution is -2.10. The number of hydrogen-bond acceptors (Lipinski definition) is 2. The van der Waals surface area contributed by atoms with Gasteiger partial charge in [-0.05, 0) is 41.0 Å². The lowest BCUT2D eigenvalue weighted by Gasteiger charge is -2.07. The summed E-state index contributed by atoms with van der Waals surface area (Å²) in [5.74, 6) is -0.666. The summed E-state index contributed by atoms with van der Waals surface area (Å²) in [5, 5.41) is 14.5. The molecule has 6 heteroatoms. The Morgan fingerprint density at radius 1 is 1.25 bits per heavy atom. The largest absolute Gasteiger partial charge is 0.477 e. The maximum atomic E-state index is 11.8. The van der Waals surface area contributed by atoms with Crippen LogP contribution in [0.25, 0.3) is 11.0 Å². The van der Waals surface area contributed by atoms with Crippen LogP contribution in [-0.4, -0.2) is 25.4 Å². The Morgan fingerprint density at radius 3 is 2.46 bits per heavy atom. The van der Waals surface area contributed by atoms with E-state index in [1.54, 1.807) is 0 Å². The molecule has 1 aromatic carbocycles. The summed E-state index contributed by atoms with van der Waals surface area (Å²) in [6.45, 7) is 7.40. The molecule has 3 aromatic rings. The minimum absolute atomic E-state index is 0.224. The van der Waals surface area contributed by atoms with Crippen molar-refractivity contribution in [1.82, 2.24) is 14.3 Å². The number of aromatic carboxylic acids is 1. The molecule has 0 fully saturated rings. The number of aromatic nitrogens is 3. The molecule has 0 saturated carbocycles.